The number of aromatic nitrogens is 1. The average molecular weight is 380 g/mol. The number of amides is 2. The fraction of sp³-hybridized carbons (Fsp3) is 0.150. The lowest BCUT2D eigenvalue weighted by molar-refractivity contribution is -0.117. The maximum atomic E-state index is 12.3. The van der Waals surface area contributed by atoms with Gasteiger partial charge in [-0.25, -0.2) is 4.98 Å². The zero-order valence-corrected chi connectivity index (χ0v) is 15.7. The number of primary amides is 1. The van der Waals surface area contributed by atoms with E-state index in [1.807, 2.05) is 30.3 Å². The third kappa shape index (κ3) is 5.15. The van der Waals surface area contributed by atoms with E-state index in [1.165, 1.54) is 16.9 Å². The molecule has 1 aromatic heterocycles. The van der Waals surface area contributed by atoms with Gasteiger partial charge in [0, 0.05) is 23.2 Å². The highest BCUT2D eigenvalue weighted by molar-refractivity contribution is 7.14. The Morgan fingerprint density at radius 2 is 1.85 bits per heavy atom. The summed E-state index contributed by atoms with van der Waals surface area (Å²) in [4.78, 5) is 27.4. The second-order valence-corrected chi connectivity index (χ2v) is 6.96. The van der Waals surface area contributed by atoms with Crippen LogP contribution >= 0.6 is 11.3 Å². The number of anilines is 2. The number of hydrogen-bond donors (Lipinski definition) is 3. The number of nitrogens with two attached hydrogens (primary N) is 1. The predicted molar refractivity (Wildman–Crippen MR) is 108 cm³/mol. The number of carbonyl (C=O) groups is 2. The zero-order valence-electron chi connectivity index (χ0n) is 14.9. The monoisotopic (exact) mass is 380 g/mol. The van der Waals surface area contributed by atoms with Crippen LogP contribution in [0.4, 0.5) is 10.8 Å². The van der Waals surface area contributed by atoms with E-state index in [9.17, 15) is 9.59 Å². The fourth-order valence-corrected chi connectivity index (χ4v) is 3.24. The molecule has 4 N–H and O–H groups in total. The number of aryl methyl sites for hydroxylation is 1. The third-order valence-electron chi connectivity index (χ3n) is 3.97. The first-order valence-electron chi connectivity index (χ1n) is 8.44. The third-order valence-corrected chi connectivity index (χ3v) is 4.78. The molecule has 6 nitrogen and oxygen atoms in total. The summed E-state index contributed by atoms with van der Waals surface area (Å²) in [5, 5.41) is 8.28. The molecule has 0 fully saturated rings. The van der Waals surface area contributed by atoms with Crippen molar-refractivity contribution in [2.24, 2.45) is 5.73 Å². The van der Waals surface area contributed by atoms with E-state index >= 15 is 0 Å². The van der Waals surface area contributed by atoms with Crippen LogP contribution in [0.15, 0.2) is 53.9 Å². The molecule has 27 heavy (non-hydrogen) atoms. The lowest BCUT2D eigenvalue weighted by atomic mass is 10.1. The summed E-state index contributed by atoms with van der Waals surface area (Å²) in [5.41, 5.74) is 9.60. The number of para-hydroxylation sites is 1. The highest BCUT2D eigenvalue weighted by Crippen LogP contribution is 2.18. The SMILES string of the molecule is Cc1ccccc1NCc1ccc(C(=O)Nc2nc(CC(N)=O)cs2)cc1. The van der Waals surface area contributed by atoms with Crippen LogP contribution in [0.3, 0.4) is 0 Å². The van der Waals surface area contributed by atoms with Crippen molar-refractivity contribution in [3.8, 4) is 0 Å². The molecular weight excluding hydrogens is 360 g/mol. The number of thiazole rings is 1. The van der Waals surface area contributed by atoms with Gasteiger partial charge in [-0.1, -0.05) is 30.3 Å². The Morgan fingerprint density at radius 1 is 1.11 bits per heavy atom. The van der Waals surface area contributed by atoms with Gasteiger partial charge in [-0.3, -0.25) is 14.9 Å². The van der Waals surface area contributed by atoms with Crippen molar-refractivity contribution in [1.82, 2.24) is 4.98 Å². The molecule has 2 amide bonds. The molecule has 0 radical (unpaired) electrons. The minimum Gasteiger partial charge on any atom is -0.381 e. The fourth-order valence-electron chi connectivity index (χ4n) is 2.54. The van der Waals surface area contributed by atoms with Crippen LogP contribution in [-0.2, 0) is 17.8 Å². The Kier molecular flexibility index (Phi) is 5.83. The van der Waals surface area contributed by atoms with Gasteiger partial charge >= 0.3 is 0 Å². The Labute approximate surface area is 161 Å². The summed E-state index contributed by atoms with van der Waals surface area (Å²) in [6, 6.07) is 15.5. The minimum atomic E-state index is -0.451. The number of nitrogens with zero attached hydrogens (tertiary/aromatic N) is 1. The Bertz CT molecular complexity index is 951. The summed E-state index contributed by atoms with van der Waals surface area (Å²) >= 11 is 1.26. The van der Waals surface area contributed by atoms with Crippen LogP contribution in [0.5, 0.6) is 0 Å². The predicted octanol–water partition coefficient (Wildman–Crippen LogP) is 3.34. The van der Waals surface area contributed by atoms with Gasteiger partial charge in [-0.15, -0.1) is 11.3 Å². The van der Waals surface area contributed by atoms with Gasteiger partial charge < -0.3 is 11.1 Å². The number of benzene rings is 2. The topological polar surface area (TPSA) is 97.1 Å². The van der Waals surface area contributed by atoms with E-state index in [2.05, 4.69) is 28.6 Å². The Morgan fingerprint density at radius 3 is 2.56 bits per heavy atom. The molecule has 0 saturated heterocycles. The Hall–Kier alpha value is -3.19. The standard InChI is InChI=1S/C20H20N4O2S/c1-13-4-2-3-5-17(13)22-11-14-6-8-15(9-7-14)19(26)24-20-23-16(12-27-20)10-18(21)25/h2-9,12,22H,10-11H2,1H3,(H2,21,25)(H,23,24,26). The average Bonchev–Trinajstić information content (AvgIpc) is 3.07. The maximum Gasteiger partial charge on any atom is 0.257 e. The lowest BCUT2D eigenvalue weighted by Crippen LogP contribution is -2.14. The van der Waals surface area contributed by atoms with Crippen molar-refractivity contribution in [2.45, 2.75) is 19.9 Å². The molecule has 3 rings (SSSR count). The number of hydrogen-bond acceptors (Lipinski definition) is 5. The molecule has 0 unspecified atom stereocenters. The largest absolute Gasteiger partial charge is 0.381 e. The molecule has 0 bridgehead atoms. The van der Waals surface area contributed by atoms with E-state index < -0.39 is 5.91 Å². The van der Waals surface area contributed by atoms with Crippen molar-refractivity contribution >= 4 is 34.0 Å². The smallest absolute Gasteiger partial charge is 0.257 e. The van der Waals surface area contributed by atoms with Crippen molar-refractivity contribution in [1.29, 1.82) is 0 Å². The first kappa shape index (κ1) is 18.6. The molecule has 138 valence electrons. The van der Waals surface area contributed by atoms with Crippen LogP contribution < -0.4 is 16.4 Å². The van der Waals surface area contributed by atoms with Gasteiger partial charge in [0.05, 0.1) is 12.1 Å². The quantitative estimate of drug-likeness (QED) is 0.585. The van der Waals surface area contributed by atoms with E-state index in [0.717, 1.165) is 11.3 Å². The van der Waals surface area contributed by atoms with Gasteiger partial charge in [0.1, 0.15) is 0 Å². The summed E-state index contributed by atoms with van der Waals surface area (Å²) < 4.78 is 0. The second kappa shape index (κ2) is 8.46. The van der Waals surface area contributed by atoms with Crippen LogP contribution in [0, 0.1) is 6.92 Å². The molecule has 1 heterocycles. The summed E-state index contributed by atoms with van der Waals surface area (Å²) in [5.74, 6) is -0.693. The molecule has 0 aliphatic rings. The van der Waals surface area contributed by atoms with Crippen molar-refractivity contribution < 1.29 is 9.59 Å². The molecule has 2 aromatic carbocycles. The highest BCUT2D eigenvalue weighted by Gasteiger charge is 2.10. The highest BCUT2D eigenvalue weighted by atomic mass is 32.1. The number of nitrogens with one attached hydrogen (secondary N) is 2. The molecular formula is C20H20N4O2S. The van der Waals surface area contributed by atoms with Crippen molar-refractivity contribution in [3.05, 3.63) is 76.3 Å². The summed E-state index contributed by atoms with van der Waals surface area (Å²) in [6.07, 6.45) is 0.0644. The Balaban J connectivity index is 1.58. The van der Waals surface area contributed by atoms with Crippen LogP contribution in [-0.4, -0.2) is 16.8 Å². The van der Waals surface area contributed by atoms with E-state index in [-0.39, 0.29) is 12.3 Å². The lowest BCUT2D eigenvalue weighted by Gasteiger charge is -2.09. The van der Waals surface area contributed by atoms with Crippen molar-refractivity contribution in [3.63, 3.8) is 0 Å². The first-order valence-corrected chi connectivity index (χ1v) is 9.32. The normalized spacial score (nSPS) is 10.4. The van der Waals surface area contributed by atoms with Gasteiger partial charge in [-0.2, -0.15) is 0 Å². The molecule has 7 heteroatoms. The van der Waals surface area contributed by atoms with Crippen LogP contribution in [0.2, 0.25) is 0 Å². The second-order valence-electron chi connectivity index (χ2n) is 6.11. The molecule has 0 spiro atoms. The molecule has 0 atom stereocenters. The minimum absolute atomic E-state index is 0.0644. The maximum absolute atomic E-state index is 12.3. The van der Waals surface area contributed by atoms with Gasteiger partial charge in [0.25, 0.3) is 5.91 Å². The van der Waals surface area contributed by atoms with Crippen molar-refractivity contribution in [2.75, 3.05) is 10.6 Å². The van der Waals surface area contributed by atoms with Gasteiger partial charge in [0.2, 0.25) is 5.91 Å². The van der Waals surface area contributed by atoms with Crippen LogP contribution in [0.25, 0.3) is 0 Å². The molecule has 0 aliphatic heterocycles. The van der Waals surface area contributed by atoms with Crippen LogP contribution in [0.1, 0.15) is 27.2 Å². The molecule has 0 saturated carbocycles. The van der Waals surface area contributed by atoms with E-state index in [0.29, 0.717) is 22.9 Å². The molecule has 0 aliphatic carbocycles. The number of rotatable bonds is 7. The summed E-state index contributed by atoms with van der Waals surface area (Å²) in [7, 11) is 0. The van der Waals surface area contributed by atoms with Gasteiger partial charge in [-0.05, 0) is 36.2 Å². The van der Waals surface area contributed by atoms with E-state index in [1.54, 1.807) is 17.5 Å². The van der Waals surface area contributed by atoms with E-state index in [4.69, 9.17) is 5.73 Å². The van der Waals surface area contributed by atoms with Gasteiger partial charge in [0.15, 0.2) is 5.13 Å². The summed E-state index contributed by atoms with van der Waals surface area (Å²) in [6.45, 7) is 2.74. The molecule has 3 aromatic rings. The zero-order chi connectivity index (χ0) is 19.2. The first-order chi connectivity index (χ1) is 13.0. The number of carbonyl (C=O) groups excluding carboxylic acids is 2.